The van der Waals surface area contributed by atoms with Gasteiger partial charge in [0, 0.05) is 11.4 Å². The van der Waals surface area contributed by atoms with Crippen molar-refractivity contribution < 1.29 is 14.6 Å². The first-order valence-electron chi connectivity index (χ1n) is 11.5. The molecule has 7 nitrogen and oxygen atoms in total. The minimum Gasteiger partial charge on any atom is -0.494 e. The molecular formula is C27H28N4O3S. The smallest absolute Gasteiger partial charge is 0.234 e. The van der Waals surface area contributed by atoms with Crippen LogP contribution in [0.1, 0.15) is 37.3 Å². The molecule has 4 rings (SSSR count). The number of para-hydroxylation sites is 1. The van der Waals surface area contributed by atoms with Crippen LogP contribution in [0.25, 0.3) is 5.69 Å². The number of carbonyl (C=O) groups excluding carboxylic acids is 1. The zero-order chi connectivity index (χ0) is 24.5. The van der Waals surface area contributed by atoms with Crippen LogP contribution >= 0.6 is 11.8 Å². The van der Waals surface area contributed by atoms with E-state index < -0.39 is 6.10 Å². The predicted octanol–water partition coefficient (Wildman–Crippen LogP) is 5.26. The molecule has 180 valence electrons. The highest BCUT2D eigenvalue weighted by Crippen LogP contribution is 2.28. The molecule has 2 N–H and O–H groups in total. The van der Waals surface area contributed by atoms with E-state index in [9.17, 15) is 9.90 Å². The second-order valence-electron chi connectivity index (χ2n) is 7.89. The Kier molecular flexibility index (Phi) is 8.53. The van der Waals surface area contributed by atoms with Crippen molar-refractivity contribution in [1.82, 2.24) is 14.8 Å². The summed E-state index contributed by atoms with van der Waals surface area (Å²) in [4.78, 5) is 12.6. The molecule has 4 aromatic rings. The van der Waals surface area contributed by atoms with Gasteiger partial charge in [-0.2, -0.15) is 0 Å². The van der Waals surface area contributed by atoms with Crippen molar-refractivity contribution in [2.24, 2.45) is 0 Å². The summed E-state index contributed by atoms with van der Waals surface area (Å²) < 4.78 is 7.45. The first kappa shape index (κ1) is 24.5. The lowest BCUT2D eigenvalue weighted by Gasteiger charge is -2.14. The summed E-state index contributed by atoms with van der Waals surface area (Å²) >= 11 is 1.26. The van der Waals surface area contributed by atoms with Gasteiger partial charge in [-0.1, -0.05) is 73.6 Å². The lowest BCUT2D eigenvalue weighted by molar-refractivity contribution is -0.113. The summed E-state index contributed by atoms with van der Waals surface area (Å²) in [5, 5.41) is 23.0. The number of unbranched alkanes of at least 4 members (excludes halogenated alkanes) is 1. The van der Waals surface area contributed by atoms with Crippen LogP contribution in [0.4, 0.5) is 5.69 Å². The Hall–Kier alpha value is -3.62. The van der Waals surface area contributed by atoms with Gasteiger partial charge in [-0.3, -0.25) is 9.36 Å². The summed E-state index contributed by atoms with van der Waals surface area (Å²) in [6.45, 7) is 2.80. The maximum atomic E-state index is 12.6. The van der Waals surface area contributed by atoms with Crippen molar-refractivity contribution in [1.29, 1.82) is 0 Å². The van der Waals surface area contributed by atoms with Gasteiger partial charge in [-0.25, -0.2) is 0 Å². The summed E-state index contributed by atoms with van der Waals surface area (Å²) in [5.74, 6) is 1.15. The van der Waals surface area contributed by atoms with Crippen LogP contribution in [0, 0.1) is 0 Å². The number of carbonyl (C=O) groups is 1. The van der Waals surface area contributed by atoms with Crippen molar-refractivity contribution in [3.05, 3.63) is 96.3 Å². The number of rotatable bonds is 11. The predicted molar refractivity (Wildman–Crippen MR) is 138 cm³/mol. The molecule has 0 saturated carbocycles. The molecule has 1 atom stereocenters. The number of aromatic nitrogens is 3. The Morgan fingerprint density at radius 2 is 1.69 bits per heavy atom. The topological polar surface area (TPSA) is 89.3 Å². The number of anilines is 1. The fourth-order valence-electron chi connectivity index (χ4n) is 3.45. The Morgan fingerprint density at radius 1 is 1.00 bits per heavy atom. The number of amides is 1. The van der Waals surface area contributed by atoms with Crippen molar-refractivity contribution in [2.75, 3.05) is 17.7 Å². The molecule has 0 fully saturated rings. The van der Waals surface area contributed by atoms with E-state index in [4.69, 9.17) is 4.74 Å². The maximum absolute atomic E-state index is 12.6. The van der Waals surface area contributed by atoms with E-state index in [1.807, 2.05) is 84.9 Å². The summed E-state index contributed by atoms with van der Waals surface area (Å²) in [6, 6.07) is 26.2. The molecule has 1 amide bonds. The third-order valence-electron chi connectivity index (χ3n) is 5.27. The largest absolute Gasteiger partial charge is 0.494 e. The van der Waals surface area contributed by atoms with Gasteiger partial charge in [0.15, 0.2) is 11.0 Å². The van der Waals surface area contributed by atoms with E-state index in [0.29, 0.717) is 28.8 Å². The van der Waals surface area contributed by atoms with Gasteiger partial charge in [0.1, 0.15) is 11.9 Å². The van der Waals surface area contributed by atoms with Crippen molar-refractivity contribution in [3.8, 4) is 11.4 Å². The Bertz CT molecular complexity index is 1210. The molecule has 0 bridgehead atoms. The second kappa shape index (κ2) is 12.2. The van der Waals surface area contributed by atoms with Crippen LogP contribution in [0.2, 0.25) is 0 Å². The normalized spacial score (nSPS) is 11.7. The van der Waals surface area contributed by atoms with Crippen LogP contribution < -0.4 is 10.1 Å². The van der Waals surface area contributed by atoms with Crippen molar-refractivity contribution in [2.45, 2.75) is 31.0 Å². The zero-order valence-corrected chi connectivity index (χ0v) is 20.3. The standard InChI is InChI=1S/C27H28N4O3S/c1-2-3-18-34-23-16-14-21(15-17-23)28-24(32)19-35-27-30-29-26(25(33)20-10-6-4-7-11-20)31(27)22-12-8-5-9-13-22/h4-17,25,33H,2-3,18-19H2,1H3,(H,28,32). The average molecular weight is 489 g/mol. The van der Waals surface area contributed by atoms with E-state index in [2.05, 4.69) is 22.4 Å². The van der Waals surface area contributed by atoms with Crippen LogP contribution in [-0.4, -0.2) is 38.1 Å². The molecule has 0 aliphatic heterocycles. The van der Waals surface area contributed by atoms with E-state index in [1.165, 1.54) is 11.8 Å². The Morgan fingerprint density at radius 3 is 2.37 bits per heavy atom. The maximum Gasteiger partial charge on any atom is 0.234 e. The SMILES string of the molecule is CCCCOc1ccc(NC(=O)CSc2nnc(C(O)c3ccccc3)n2-c2ccccc2)cc1. The van der Waals surface area contributed by atoms with E-state index in [0.717, 1.165) is 24.3 Å². The highest BCUT2D eigenvalue weighted by Gasteiger charge is 2.22. The molecule has 0 aliphatic carbocycles. The van der Waals surface area contributed by atoms with E-state index in [-0.39, 0.29) is 11.7 Å². The number of hydrogen-bond donors (Lipinski definition) is 2. The molecule has 0 saturated heterocycles. The fraction of sp³-hybridized carbons (Fsp3) is 0.222. The van der Waals surface area contributed by atoms with Gasteiger partial charge in [-0.05, 0) is 48.4 Å². The highest BCUT2D eigenvalue weighted by molar-refractivity contribution is 7.99. The quantitative estimate of drug-likeness (QED) is 0.221. The average Bonchev–Trinajstić information content (AvgIpc) is 3.33. The molecule has 8 heteroatoms. The van der Waals surface area contributed by atoms with Gasteiger partial charge in [0.05, 0.1) is 12.4 Å². The molecule has 0 spiro atoms. The number of benzene rings is 3. The fourth-order valence-corrected chi connectivity index (χ4v) is 4.21. The highest BCUT2D eigenvalue weighted by atomic mass is 32.2. The summed E-state index contributed by atoms with van der Waals surface area (Å²) in [6.07, 6.45) is 1.13. The third kappa shape index (κ3) is 6.49. The Labute approximate surface area is 209 Å². The lowest BCUT2D eigenvalue weighted by atomic mass is 10.1. The van der Waals surface area contributed by atoms with Gasteiger partial charge in [0.25, 0.3) is 0 Å². The number of nitrogens with one attached hydrogen (secondary N) is 1. The molecule has 0 aliphatic rings. The van der Waals surface area contributed by atoms with Crippen molar-refractivity contribution >= 4 is 23.4 Å². The molecular weight excluding hydrogens is 460 g/mol. The number of thioether (sulfide) groups is 1. The molecule has 35 heavy (non-hydrogen) atoms. The molecule has 0 radical (unpaired) electrons. The van der Waals surface area contributed by atoms with E-state index in [1.54, 1.807) is 4.57 Å². The summed E-state index contributed by atoms with van der Waals surface area (Å²) in [7, 11) is 0. The number of aliphatic hydroxyl groups excluding tert-OH is 1. The molecule has 1 heterocycles. The van der Waals surface area contributed by atoms with Crippen LogP contribution in [0.15, 0.2) is 90.1 Å². The number of ether oxygens (including phenoxy) is 1. The minimum atomic E-state index is -0.954. The number of aliphatic hydroxyl groups is 1. The van der Waals surface area contributed by atoms with Crippen LogP contribution in [-0.2, 0) is 4.79 Å². The van der Waals surface area contributed by atoms with Crippen LogP contribution in [0.5, 0.6) is 5.75 Å². The first-order valence-corrected chi connectivity index (χ1v) is 12.5. The molecule has 3 aromatic carbocycles. The Balaban J connectivity index is 1.45. The summed E-state index contributed by atoms with van der Waals surface area (Å²) in [5.41, 5.74) is 2.22. The van der Waals surface area contributed by atoms with Gasteiger partial charge in [-0.15, -0.1) is 10.2 Å². The monoisotopic (exact) mass is 488 g/mol. The second-order valence-corrected chi connectivity index (χ2v) is 8.83. The minimum absolute atomic E-state index is 0.140. The van der Waals surface area contributed by atoms with Gasteiger partial charge in [0.2, 0.25) is 5.91 Å². The first-order chi connectivity index (χ1) is 17.2. The lowest BCUT2D eigenvalue weighted by Crippen LogP contribution is -2.15. The van der Waals surface area contributed by atoms with Crippen LogP contribution in [0.3, 0.4) is 0 Å². The molecule has 1 unspecified atom stereocenters. The van der Waals surface area contributed by atoms with Gasteiger partial charge >= 0.3 is 0 Å². The van der Waals surface area contributed by atoms with E-state index >= 15 is 0 Å². The number of nitrogens with zero attached hydrogens (tertiary/aromatic N) is 3. The van der Waals surface area contributed by atoms with Gasteiger partial charge < -0.3 is 15.2 Å². The molecule has 1 aromatic heterocycles. The third-order valence-corrected chi connectivity index (χ3v) is 6.20. The zero-order valence-electron chi connectivity index (χ0n) is 19.5. The number of hydrogen-bond acceptors (Lipinski definition) is 6. The van der Waals surface area contributed by atoms with Crippen molar-refractivity contribution in [3.63, 3.8) is 0 Å².